The van der Waals surface area contributed by atoms with E-state index in [0.717, 1.165) is 30.2 Å². The minimum atomic E-state index is 0.491. The van der Waals surface area contributed by atoms with Gasteiger partial charge in [-0.1, -0.05) is 38.2 Å². The first-order chi connectivity index (χ1) is 12.8. The van der Waals surface area contributed by atoms with Crippen molar-refractivity contribution in [2.24, 2.45) is 45.4 Å². The summed E-state index contributed by atoms with van der Waals surface area (Å²) in [4.78, 5) is 4.94. The third-order valence-electron chi connectivity index (χ3n) is 9.72. The van der Waals surface area contributed by atoms with Gasteiger partial charge in [0.15, 0.2) is 0 Å². The normalized spacial score (nSPS) is 47.2. The zero-order valence-corrected chi connectivity index (χ0v) is 18.3. The molecule has 27 heavy (non-hydrogen) atoms. The lowest BCUT2D eigenvalue weighted by Gasteiger charge is -2.60. The van der Waals surface area contributed by atoms with Crippen molar-refractivity contribution in [3.05, 3.63) is 24.3 Å². The van der Waals surface area contributed by atoms with Crippen molar-refractivity contribution in [2.45, 2.75) is 85.5 Å². The molecule has 0 aromatic rings. The van der Waals surface area contributed by atoms with Crippen LogP contribution in [0.1, 0.15) is 85.5 Å². The molecule has 6 unspecified atom stereocenters. The van der Waals surface area contributed by atoms with E-state index in [4.69, 9.17) is 4.99 Å². The topological polar surface area (TPSA) is 12.4 Å². The predicted octanol–water partition coefficient (Wildman–Crippen LogP) is 7.24. The molecule has 150 valence electrons. The maximum Gasteiger partial charge on any atom is 0.0593 e. The first kappa shape index (κ1) is 19.5. The molecular formula is C26H41N. The quantitative estimate of drug-likeness (QED) is 0.368. The molecule has 0 amide bonds. The molecule has 0 bridgehead atoms. The lowest BCUT2D eigenvalue weighted by atomic mass is 9.44. The van der Waals surface area contributed by atoms with Crippen molar-refractivity contribution >= 4 is 5.71 Å². The molecule has 4 rings (SSSR count). The van der Waals surface area contributed by atoms with E-state index >= 15 is 0 Å². The minimum Gasteiger partial charge on any atom is -0.290 e. The molecule has 4 aliphatic rings. The monoisotopic (exact) mass is 367 g/mol. The van der Waals surface area contributed by atoms with Gasteiger partial charge >= 0.3 is 0 Å². The van der Waals surface area contributed by atoms with E-state index in [9.17, 15) is 0 Å². The molecule has 1 nitrogen and oxygen atoms in total. The molecule has 4 fully saturated rings. The van der Waals surface area contributed by atoms with Gasteiger partial charge < -0.3 is 0 Å². The molecule has 4 aliphatic carbocycles. The summed E-state index contributed by atoms with van der Waals surface area (Å²) in [7, 11) is 0. The second-order valence-corrected chi connectivity index (χ2v) is 11.2. The summed E-state index contributed by atoms with van der Waals surface area (Å²) in [5, 5.41) is 0. The van der Waals surface area contributed by atoms with E-state index in [0.29, 0.717) is 16.7 Å². The Balaban J connectivity index is 1.56. The van der Waals surface area contributed by atoms with Gasteiger partial charge in [-0.25, -0.2) is 0 Å². The Labute approximate surface area is 167 Å². The zero-order chi connectivity index (χ0) is 19.4. The van der Waals surface area contributed by atoms with Crippen molar-refractivity contribution in [1.29, 1.82) is 0 Å². The van der Waals surface area contributed by atoms with E-state index in [1.165, 1.54) is 74.6 Å². The molecule has 0 N–H and O–H groups in total. The van der Waals surface area contributed by atoms with Crippen LogP contribution in [-0.2, 0) is 0 Å². The van der Waals surface area contributed by atoms with Crippen LogP contribution < -0.4 is 0 Å². The molecule has 1 heteroatoms. The van der Waals surface area contributed by atoms with Gasteiger partial charge in [-0.2, -0.15) is 0 Å². The SMILES string of the molecule is C=C(C)CN=C(C)C1CC[C@H]2C3CCC4CC(=C)CCC4(C)C3CCC12C. The summed E-state index contributed by atoms with van der Waals surface area (Å²) in [6.07, 6.45) is 12.6. The summed E-state index contributed by atoms with van der Waals surface area (Å²) in [6, 6.07) is 0. The molecule has 0 radical (unpaired) electrons. The number of fused-ring (bicyclic) bond motifs is 5. The second-order valence-electron chi connectivity index (χ2n) is 11.2. The lowest BCUT2D eigenvalue weighted by molar-refractivity contribution is -0.100. The Hall–Kier alpha value is -0.850. The highest BCUT2D eigenvalue weighted by molar-refractivity contribution is 5.85. The van der Waals surface area contributed by atoms with Crippen molar-refractivity contribution < 1.29 is 0 Å². The largest absolute Gasteiger partial charge is 0.290 e. The van der Waals surface area contributed by atoms with Crippen molar-refractivity contribution in [1.82, 2.24) is 0 Å². The van der Waals surface area contributed by atoms with Crippen LogP contribution in [0.3, 0.4) is 0 Å². The van der Waals surface area contributed by atoms with Gasteiger partial charge in [0.1, 0.15) is 0 Å². The number of hydrogen-bond donors (Lipinski definition) is 0. The fraction of sp³-hybridized carbons (Fsp3) is 0.808. The fourth-order valence-electron chi connectivity index (χ4n) is 8.21. The van der Waals surface area contributed by atoms with Crippen molar-refractivity contribution in [3.8, 4) is 0 Å². The fourth-order valence-corrected chi connectivity index (χ4v) is 8.21. The molecule has 0 aromatic carbocycles. The van der Waals surface area contributed by atoms with E-state index in [-0.39, 0.29) is 0 Å². The standard InChI is InChI=1S/C26H41N/c1-17(2)16-27-19(4)22-9-10-23-21-8-7-20-15-18(3)11-13-25(20,5)24(21)12-14-26(22,23)6/h20-24H,1,3,7-16H2,2,4-6H3/t20?,21?,22?,23-,24?,25?,26?/m0/s1. The summed E-state index contributed by atoms with van der Waals surface area (Å²) in [5.41, 5.74) is 5.21. The molecule has 0 aromatic heterocycles. The van der Waals surface area contributed by atoms with Crippen molar-refractivity contribution in [3.63, 3.8) is 0 Å². The highest BCUT2D eigenvalue weighted by atomic mass is 14.8. The van der Waals surface area contributed by atoms with Gasteiger partial charge in [0.25, 0.3) is 0 Å². The number of allylic oxidation sites excluding steroid dienone is 1. The Kier molecular flexibility index (Phi) is 4.97. The van der Waals surface area contributed by atoms with E-state index in [1.54, 1.807) is 0 Å². The molecule has 7 atom stereocenters. The van der Waals surface area contributed by atoms with Crippen molar-refractivity contribution in [2.75, 3.05) is 6.54 Å². The molecule has 0 heterocycles. The van der Waals surface area contributed by atoms with Gasteiger partial charge in [-0.15, -0.1) is 0 Å². The maximum absolute atomic E-state index is 4.94. The van der Waals surface area contributed by atoms with Crippen LogP contribution in [0, 0.1) is 40.4 Å². The summed E-state index contributed by atoms with van der Waals surface area (Å²) in [5.74, 6) is 4.49. The van der Waals surface area contributed by atoms with Gasteiger partial charge in [0.2, 0.25) is 0 Å². The zero-order valence-electron chi connectivity index (χ0n) is 18.3. The van der Waals surface area contributed by atoms with Gasteiger partial charge in [-0.3, -0.25) is 4.99 Å². The Morgan fingerprint density at radius 3 is 2.48 bits per heavy atom. The highest BCUT2D eigenvalue weighted by Crippen LogP contribution is 2.67. The van der Waals surface area contributed by atoms with E-state index in [2.05, 4.69) is 40.9 Å². The van der Waals surface area contributed by atoms with E-state index in [1.807, 2.05) is 0 Å². The lowest BCUT2D eigenvalue weighted by Crippen LogP contribution is -2.53. The first-order valence-corrected chi connectivity index (χ1v) is 11.6. The third-order valence-corrected chi connectivity index (χ3v) is 9.72. The van der Waals surface area contributed by atoms with Crippen LogP contribution in [0.2, 0.25) is 0 Å². The molecule has 4 saturated carbocycles. The van der Waals surface area contributed by atoms with Crippen LogP contribution in [0.15, 0.2) is 29.3 Å². The molecule has 0 aliphatic heterocycles. The number of aliphatic imine (C=N–C) groups is 1. The van der Waals surface area contributed by atoms with E-state index < -0.39 is 0 Å². The minimum absolute atomic E-state index is 0.491. The van der Waals surface area contributed by atoms with Crippen LogP contribution in [0.25, 0.3) is 0 Å². The highest BCUT2D eigenvalue weighted by Gasteiger charge is 2.60. The molecule has 0 saturated heterocycles. The average molecular weight is 368 g/mol. The smallest absolute Gasteiger partial charge is 0.0593 e. The summed E-state index contributed by atoms with van der Waals surface area (Å²) in [6.45, 7) is 18.9. The molecular weight excluding hydrogens is 326 g/mol. The maximum atomic E-state index is 4.94. The Bertz CT molecular complexity index is 657. The molecule has 0 spiro atoms. The number of nitrogens with zero attached hydrogens (tertiary/aromatic N) is 1. The second kappa shape index (κ2) is 6.89. The van der Waals surface area contributed by atoms with Crippen LogP contribution >= 0.6 is 0 Å². The van der Waals surface area contributed by atoms with Crippen LogP contribution in [0.5, 0.6) is 0 Å². The van der Waals surface area contributed by atoms with Crippen LogP contribution in [-0.4, -0.2) is 12.3 Å². The Morgan fingerprint density at radius 1 is 1.00 bits per heavy atom. The first-order valence-electron chi connectivity index (χ1n) is 11.6. The summed E-state index contributed by atoms with van der Waals surface area (Å²) < 4.78 is 0. The van der Waals surface area contributed by atoms with Gasteiger partial charge in [0.05, 0.1) is 6.54 Å². The van der Waals surface area contributed by atoms with Gasteiger partial charge in [-0.05, 0) is 106 Å². The van der Waals surface area contributed by atoms with Crippen LogP contribution in [0.4, 0.5) is 0 Å². The predicted molar refractivity (Wildman–Crippen MR) is 117 cm³/mol. The Morgan fingerprint density at radius 2 is 1.74 bits per heavy atom. The third kappa shape index (κ3) is 3.08. The van der Waals surface area contributed by atoms with Gasteiger partial charge in [0, 0.05) is 11.6 Å². The number of hydrogen-bond acceptors (Lipinski definition) is 1. The average Bonchev–Trinajstić information content (AvgIpc) is 2.97. The number of rotatable bonds is 3. The summed E-state index contributed by atoms with van der Waals surface area (Å²) >= 11 is 0.